The summed E-state index contributed by atoms with van der Waals surface area (Å²) in [5, 5.41) is 26.0. The van der Waals surface area contributed by atoms with Gasteiger partial charge in [-0.3, -0.25) is 10.1 Å². The Morgan fingerprint density at radius 2 is 1.94 bits per heavy atom. The molecule has 2 fully saturated rings. The Balaban J connectivity index is 2.00. The summed E-state index contributed by atoms with van der Waals surface area (Å²) in [6.45, 7) is 6.89. The van der Waals surface area contributed by atoms with E-state index >= 15 is 0 Å². The number of halogens is 1. The fourth-order valence-corrected chi connectivity index (χ4v) is 6.55. The number of thioether (sulfide) groups is 1. The normalized spacial score (nSPS) is 33.5. The summed E-state index contributed by atoms with van der Waals surface area (Å²) in [5.74, 6) is 0.141. The zero-order valence-corrected chi connectivity index (χ0v) is 22.9. The van der Waals surface area contributed by atoms with Crippen LogP contribution in [0.5, 0.6) is 0 Å². The van der Waals surface area contributed by atoms with Gasteiger partial charge in [0, 0.05) is 30.6 Å². The second-order valence-electron chi connectivity index (χ2n) is 9.95. The van der Waals surface area contributed by atoms with Crippen molar-refractivity contribution in [1.82, 2.24) is 5.32 Å². The summed E-state index contributed by atoms with van der Waals surface area (Å²) in [5.41, 5.74) is -2.49. The number of aliphatic hydroxyl groups excluding tert-OH is 1. The van der Waals surface area contributed by atoms with E-state index in [-0.39, 0.29) is 18.6 Å². The van der Waals surface area contributed by atoms with Crippen molar-refractivity contribution in [3.63, 3.8) is 0 Å². The fraction of sp³-hybridized carbons (Fsp3) is 0.615. The van der Waals surface area contributed by atoms with E-state index in [9.17, 15) is 19.8 Å². The summed E-state index contributed by atoms with van der Waals surface area (Å²) in [7, 11) is 1.40. The Kier molecular flexibility index (Phi) is 9.17. The number of benzene rings is 1. The number of alkyl carbamates (subject to hydrolysis) is 1. The summed E-state index contributed by atoms with van der Waals surface area (Å²) in [6.07, 6.45) is -0.620. The monoisotopic (exact) mass is 541 g/mol. The molecular weight excluding hydrogens is 506 g/mol. The van der Waals surface area contributed by atoms with E-state index in [4.69, 9.17) is 25.8 Å². The van der Waals surface area contributed by atoms with Crippen molar-refractivity contribution < 1.29 is 34.0 Å². The number of hydrogen-bond acceptors (Lipinski definition) is 8. The van der Waals surface area contributed by atoms with Crippen LogP contribution in [0.25, 0.3) is 0 Å². The van der Waals surface area contributed by atoms with Gasteiger partial charge in [-0.2, -0.15) is 11.8 Å². The lowest BCUT2D eigenvalue weighted by molar-refractivity contribution is -0.269. The molecule has 1 aromatic rings. The quantitative estimate of drug-likeness (QED) is 0.317. The molecule has 3 rings (SSSR count). The van der Waals surface area contributed by atoms with Crippen LogP contribution in [0.1, 0.15) is 52.5 Å². The third-order valence-corrected chi connectivity index (χ3v) is 8.50. The lowest BCUT2D eigenvalue weighted by Gasteiger charge is -2.56. The van der Waals surface area contributed by atoms with E-state index in [0.29, 0.717) is 17.2 Å². The molecule has 3 N–H and O–H groups in total. The first kappa shape index (κ1) is 28.9. The van der Waals surface area contributed by atoms with Crippen LogP contribution in [0.3, 0.4) is 0 Å². The summed E-state index contributed by atoms with van der Waals surface area (Å²) in [4.78, 5) is 24.5. The zero-order valence-electron chi connectivity index (χ0n) is 21.4. The first-order chi connectivity index (χ1) is 16.9. The molecule has 0 radical (unpaired) electrons. The minimum Gasteiger partial charge on any atom is -0.433 e. The molecule has 6 atom stereocenters. The van der Waals surface area contributed by atoms with Gasteiger partial charge in [0.1, 0.15) is 17.3 Å². The minimum absolute atomic E-state index is 0.142. The van der Waals surface area contributed by atoms with Crippen molar-refractivity contribution in [3.05, 3.63) is 46.5 Å². The third kappa shape index (κ3) is 5.76. The number of aliphatic hydroxyl groups is 2. The predicted octanol–water partition coefficient (Wildman–Crippen LogP) is 4.00. The number of amides is 2. The average molecular weight is 542 g/mol. The smallest absolute Gasteiger partial charge is 0.414 e. The molecule has 0 spiro atoms. The summed E-state index contributed by atoms with van der Waals surface area (Å²) >= 11 is 7.45. The van der Waals surface area contributed by atoms with Gasteiger partial charge in [-0.15, -0.1) is 0 Å². The van der Waals surface area contributed by atoms with Crippen LogP contribution in [0.2, 0.25) is 5.02 Å². The van der Waals surface area contributed by atoms with E-state index < -0.39 is 47.1 Å². The number of nitrogens with one attached hydrogen (secondary N) is 1. The van der Waals surface area contributed by atoms with Crippen LogP contribution < -0.4 is 5.32 Å². The Labute approximate surface area is 221 Å². The molecule has 1 heterocycles. The van der Waals surface area contributed by atoms with E-state index in [2.05, 4.69) is 5.32 Å². The van der Waals surface area contributed by atoms with Crippen LogP contribution >= 0.6 is 23.4 Å². The molecule has 1 aromatic carbocycles. The molecule has 1 saturated heterocycles. The molecule has 10 heteroatoms. The van der Waals surface area contributed by atoms with Gasteiger partial charge in [-0.05, 0) is 57.7 Å². The Morgan fingerprint density at radius 3 is 2.53 bits per heavy atom. The predicted molar refractivity (Wildman–Crippen MR) is 139 cm³/mol. The van der Waals surface area contributed by atoms with Gasteiger partial charge in [-0.25, -0.2) is 4.79 Å². The molecule has 200 valence electrons. The number of carbonyl (C=O) groups is 2. The number of imide groups is 1. The number of epoxide rings is 1. The molecule has 8 nitrogen and oxygen atoms in total. The maximum atomic E-state index is 12.9. The van der Waals surface area contributed by atoms with Crippen molar-refractivity contribution >= 4 is 35.4 Å². The second kappa shape index (κ2) is 11.4. The first-order valence-corrected chi connectivity index (χ1v) is 13.5. The van der Waals surface area contributed by atoms with E-state index in [0.717, 1.165) is 11.1 Å². The van der Waals surface area contributed by atoms with Crippen LogP contribution in [-0.2, 0) is 24.8 Å². The number of rotatable bonds is 9. The number of hydrogen-bond donors (Lipinski definition) is 3. The molecule has 2 aliphatic rings. The number of ether oxygens (including phenoxy) is 3. The van der Waals surface area contributed by atoms with E-state index in [1.54, 1.807) is 19.1 Å². The molecule has 1 saturated carbocycles. The summed E-state index contributed by atoms with van der Waals surface area (Å²) < 4.78 is 17.8. The molecule has 0 bridgehead atoms. The highest BCUT2D eigenvalue weighted by atomic mass is 35.5. The summed E-state index contributed by atoms with van der Waals surface area (Å²) in [6, 6.07) is 7.42. The van der Waals surface area contributed by atoms with Crippen LogP contribution in [-0.4, -0.2) is 70.2 Å². The van der Waals surface area contributed by atoms with Crippen LogP contribution in [0, 0.1) is 0 Å². The average Bonchev–Trinajstić information content (AvgIpc) is 3.47. The number of allylic oxidation sites excluding steroid dienone is 1. The fourth-order valence-electron chi connectivity index (χ4n) is 5.20. The highest BCUT2D eigenvalue weighted by molar-refractivity contribution is 7.98. The number of carbonyl (C=O) groups excluding carboxylic acids is 2. The van der Waals surface area contributed by atoms with E-state index in [1.807, 2.05) is 32.1 Å². The molecule has 0 aromatic heterocycles. The van der Waals surface area contributed by atoms with Crippen LogP contribution in [0.4, 0.5) is 4.79 Å². The number of methoxy groups -OCH3 is 1. The Hall–Kier alpha value is -1.62. The van der Waals surface area contributed by atoms with Crippen molar-refractivity contribution in [1.29, 1.82) is 0 Å². The molecule has 36 heavy (non-hydrogen) atoms. The maximum absolute atomic E-state index is 12.9. The molecule has 1 aliphatic carbocycles. The van der Waals surface area contributed by atoms with Gasteiger partial charge in [-0.1, -0.05) is 35.4 Å². The van der Waals surface area contributed by atoms with Crippen LogP contribution in [0.15, 0.2) is 35.9 Å². The van der Waals surface area contributed by atoms with Crippen molar-refractivity contribution in [2.45, 2.75) is 87.8 Å². The molecule has 6 unspecified atom stereocenters. The SMILES string of the molecule is COC1C(O)CCC(O)(CSCc2ccc(Cl)cc2)C1(OC(=O)NC(C)=O)C1(C)OC1CC=C(C)C. The van der Waals surface area contributed by atoms with Crippen molar-refractivity contribution in [3.8, 4) is 0 Å². The topological polar surface area (TPSA) is 118 Å². The molecule has 1 aliphatic heterocycles. The largest absolute Gasteiger partial charge is 0.433 e. The van der Waals surface area contributed by atoms with Crippen molar-refractivity contribution in [2.75, 3.05) is 12.9 Å². The molecule has 2 amide bonds. The van der Waals surface area contributed by atoms with Gasteiger partial charge in [0.2, 0.25) is 11.5 Å². The van der Waals surface area contributed by atoms with Gasteiger partial charge in [0.05, 0.1) is 12.2 Å². The highest BCUT2D eigenvalue weighted by Gasteiger charge is 2.79. The zero-order chi connectivity index (χ0) is 26.7. The lowest BCUT2D eigenvalue weighted by atomic mass is 9.62. The van der Waals surface area contributed by atoms with Gasteiger partial charge in [0.15, 0.2) is 0 Å². The van der Waals surface area contributed by atoms with Gasteiger partial charge < -0.3 is 24.4 Å². The maximum Gasteiger partial charge on any atom is 0.414 e. The Bertz CT molecular complexity index is 985. The van der Waals surface area contributed by atoms with E-state index in [1.165, 1.54) is 25.8 Å². The first-order valence-electron chi connectivity index (χ1n) is 12.0. The lowest BCUT2D eigenvalue weighted by Crippen LogP contribution is -2.77. The minimum atomic E-state index is -1.79. The standard InChI is InChI=1S/C26H36ClNO7S/c1-16(2)6-11-21-24(4,34-21)26(35-23(31)28-17(3)29)22(33-5)20(30)12-13-25(26,32)15-36-14-18-7-9-19(27)10-8-18/h6-10,20-22,30,32H,11-15H2,1-5H3,(H,28,29,31). The second-order valence-corrected chi connectivity index (χ2v) is 11.4. The van der Waals surface area contributed by atoms with Crippen molar-refractivity contribution in [2.24, 2.45) is 0 Å². The van der Waals surface area contributed by atoms with Gasteiger partial charge in [0.25, 0.3) is 0 Å². The highest BCUT2D eigenvalue weighted by Crippen LogP contribution is 2.59. The van der Waals surface area contributed by atoms with Gasteiger partial charge >= 0.3 is 6.09 Å². The molecular formula is C26H36ClNO7S. The Morgan fingerprint density at radius 1 is 1.28 bits per heavy atom. The third-order valence-electron chi connectivity index (χ3n) is 7.03.